The Morgan fingerprint density at radius 1 is 1.09 bits per heavy atom. The monoisotopic (exact) mass is 355 g/mol. The van der Waals surface area contributed by atoms with Gasteiger partial charge in [-0.2, -0.15) is 8.78 Å². The van der Waals surface area contributed by atoms with Crippen LogP contribution in [0.3, 0.4) is 0 Å². The Hall–Kier alpha value is -0.780. The third-order valence-corrected chi connectivity index (χ3v) is 4.77. The van der Waals surface area contributed by atoms with E-state index in [1.165, 1.54) is 6.08 Å². The maximum absolute atomic E-state index is 13.0. The second kappa shape index (κ2) is 10.9. The van der Waals surface area contributed by atoms with Gasteiger partial charge in [0.2, 0.25) is 5.91 Å². The number of hydrogen-bond acceptors (Lipinski definition) is 2. The highest BCUT2D eigenvalue weighted by Crippen LogP contribution is 2.55. The summed E-state index contributed by atoms with van der Waals surface area (Å²) in [6, 6.07) is 0. The normalized spacial score (nSPS) is 12.2. The highest BCUT2D eigenvalue weighted by atomic mass is 31.2. The zero-order chi connectivity index (χ0) is 17.9. The summed E-state index contributed by atoms with van der Waals surface area (Å²) < 4.78 is 36.5. The zero-order valence-corrected chi connectivity index (χ0v) is 14.6. The molecule has 0 rings (SSSR count). The zero-order valence-electron chi connectivity index (χ0n) is 13.7. The Bertz CT molecular complexity index is 412. The molecule has 0 aliphatic carbocycles. The predicted octanol–water partition coefficient (Wildman–Crippen LogP) is 3.91. The van der Waals surface area contributed by atoms with Crippen LogP contribution in [0.5, 0.6) is 0 Å². The molecule has 0 aromatic heterocycles. The van der Waals surface area contributed by atoms with E-state index in [9.17, 15) is 18.1 Å². The smallest absolute Gasteiger partial charge is 0.342 e. The fourth-order valence-electron chi connectivity index (χ4n) is 2.16. The summed E-state index contributed by atoms with van der Waals surface area (Å²) in [5.74, 6) is -0.0860. The maximum atomic E-state index is 13.0. The van der Waals surface area contributed by atoms with Gasteiger partial charge in [-0.15, -0.1) is 0 Å². The van der Waals surface area contributed by atoms with Crippen molar-refractivity contribution in [3.63, 3.8) is 0 Å². The Morgan fingerprint density at radius 3 is 1.96 bits per heavy atom. The molecule has 0 aliphatic heterocycles. The van der Waals surface area contributed by atoms with Crippen molar-refractivity contribution in [3.8, 4) is 0 Å². The van der Waals surface area contributed by atoms with Gasteiger partial charge in [0.1, 0.15) is 0 Å². The summed E-state index contributed by atoms with van der Waals surface area (Å²) in [5, 5.41) is 0. The van der Waals surface area contributed by atoms with Gasteiger partial charge >= 0.3 is 13.3 Å². The summed E-state index contributed by atoms with van der Waals surface area (Å²) in [5.41, 5.74) is -3.90. The van der Waals surface area contributed by atoms with Crippen LogP contribution in [0.4, 0.5) is 8.78 Å². The third kappa shape index (κ3) is 9.84. The van der Waals surface area contributed by atoms with Gasteiger partial charge in [0.25, 0.3) is 0 Å². The largest absolute Gasteiger partial charge is 0.394 e. The predicted molar refractivity (Wildman–Crippen MR) is 86.4 cm³/mol. The molecule has 0 saturated heterocycles. The van der Waals surface area contributed by atoms with E-state index in [0.717, 1.165) is 38.5 Å². The van der Waals surface area contributed by atoms with E-state index in [-0.39, 0.29) is 12.3 Å². The minimum absolute atomic E-state index is 0.0860. The van der Waals surface area contributed by atoms with Gasteiger partial charge in [0.15, 0.2) is 0 Å². The number of carbonyl (C=O) groups excluding carboxylic acids is 1. The number of unbranched alkanes of at least 4 members (excludes halogenated alkanes) is 7. The van der Waals surface area contributed by atoms with Gasteiger partial charge < -0.3 is 14.7 Å². The van der Waals surface area contributed by atoms with Crippen LogP contribution in [0.2, 0.25) is 0 Å². The first-order chi connectivity index (χ1) is 10.6. The molecule has 0 bridgehead atoms. The van der Waals surface area contributed by atoms with Gasteiger partial charge in [-0.05, 0) is 18.9 Å². The topological polar surface area (TPSA) is 77.8 Å². The molecule has 0 heterocycles. The molecule has 8 heteroatoms. The summed E-state index contributed by atoms with van der Waals surface area (Å²) in [6.45, 7) is 4.12. The second-order valence-electron chi connectivity index (χ2n) is 5.75. The Morgan fingerprint density at radius 2 is 1.52 bits per heavy atom. The molecule has 1 amide bonds. The molecule has 0 spiro atoms. The van der Waals surface area contributed by atoms with Crippen LogP contribution < -0.4 is 0 Å². The van der Waals surface area contributed by atoms with Crippen LogP contribution in [-0.2, 0) is 9.36 Å². The van der Waals surface area contributed by atoms with E-state index in [1.807, 2.05) is 0 Å². The first-order valence-corrected chi connectivity index (χ1v) is 9.54. The molecule has 0 aliphatic rings. The van der Waals surface area contributed by atoms with Crippen LogP contribution >= 0.6 is 7.60 Å². The fraction of sp³-hybridized carbons (Fsp3) is 0.800. The molecule has 0 radical (unpaired) electrons. The molecule has 0 atom stereocenters. The lowest BCUT2D eigenvalue weighted by atomic mass is 10.1. The van der Waals surface area contributed by atoms with Crippen molar-refractivity contribution in [1.29, 1.82) is 0 Å². The number of nitrogens with zero attached hydrogens (tertiary/aromatic N) is 1. The molecule has 0 saturated carbocycles. The van der Waals surface area contributed by atoms with E-state index in [1.54, 1.807) is 11.9 Å². The number of hydrogen-bond donors (Lipinski definition) is 2. The molecule has 5 nitrogen and oxygen atoms in total. The van der Waals surface area contributed by atoms with Crippen LogP contribution in [0.1, 0.15) is 57.8 Å². The molecule has 0 aromatic rings. The number of alkyl halides is 2. The number of likely N-dealkylation sites (N-methyl/N-ethyl adjacent to an activating group) is 1. The minimum atomic E-state index is -5.33. The standard InChI is InChI=1S/C15H28F2NO4P/c1-3-14(19)18(2)13-11-9-7-5-4-6-8-10-12-15(16,17)23(20,21)22/h3H,1,4-13H2,2H3,(H2,20,21,22). The van der Waals surface area contributed by atoms with Crippen molar-refractivity contribution in [2.45, 2.75) is 63.5 Å². The summed E-state index contributed by atoms with van der Waals surface area (Å²) in [4.78, 5) is 29.8. The van der Waals surface area contributed by atoms with Crippen LogP contribution in [0.15, 0.2) is 12.7 Å². The Kier molecular flexibility index (Phi) is 10.5. The summed E-state index contributed by atoms with van der Waals surface area (Å²) in [6.07, 6.45) is 6.84. The molecule has 136 valence electrons. The van der Waals surface area contributed by atoms with Gasteiger partial charge in [-0.25, -0.2) is 0 Å². The highest BCUT2D eigenvalue weighted by Gasteiger charge is 2.47. The van der Waals surface area contributed by atoms with Gasteiger partial charge in [-0.3, -0.25) is 9.36 Å². The van der Waals surface area contributed by atoms with E-state index in [0.29, 0.717) is 13.0 Å². The third-order valence-electron chi connectivity index (χ3n) is 3.70. The van der Waals surface area contributed by atoms with Gasteiger partial charge in [0, 0.05) is 20.0 Å². The van der Waals surface area contributed by atoms with E-state index >= 15 is 0 Å². The molecule has 23 heavy (non-hydrogen) atoms. The average Bonchev–Trinajstić information content (AvgIpc) is 2.46. The van der Waals surface area contributed by atoms with Crippen molar-refractivity contribution in [3.05, 3.63) is 12.7 Å². The lowest BCUT2D eigenvalue weighted by Crippen LogP contribution is -2.25. The molecular weight excluding hydrogens is 327 g/mol. The van der Waals surface area contributed by atoms with Crippen LogP contribution in [0, 0.1) is 0 Å². The lowest BCUT2D eigenvalue weighted by molar-refractivity contribution is -0.124. The number of amides is 1. The first kappa shape index (κ1) is 22.2. The minimum Gasteiger partial charge on any atom is -0.342 e. The van der Waals surface area contributed by atoms with Crippen molar-refractivity contribution in [1.82, 2.24) is 4.90 Å². The maximum Gasteiger partial charge on any atom is 0.394 e. The van der Waals surface area contributed by atoms with Gasteiger partial charge in [-0.1, -0.05) is 45.1 Å². The first-order valence-electron chi connectivity index (χ1n) is 7.93. The number of carbonyl (C=O) groups is 1. The average molecular weight is 355 g/mol. The van der Waals surface area contributed by atoms with Crippen molar-refractivity contribution >= 4 is 13.5 Å². The van der Waals surface area contributed by atoms with Crippen molar-refractivity contribution in [2.24, 2.45) is 0 Å². The lowest BCUT2D eigenvalue weighted by Gasteiger charge is -2.17. The van der Waals surface area contributed by atoms with Crippen LogP contribution in [0.25, 0.3) is 0 Å². The Labute approximate surface area is 136 Å². The van der Waals surface area contributed by atoms with E-state index in [4.69, 9.17) is 9.79 Å². The summed E-state index contributed by atoms with van der Waals surface area (Å²) in [7, 11) is -3.59. The molecule has 0 fully saturated rings. The van der Waals surface area contributed by atoms with Crippen molar-refractivity contribution < 1.29 is 27.9 Å². The second-order valence-corrected chi connectivity index (χ2v) is 7.49. The van der Waals surface area contributed by atoms with Crippen molar-refractivity contribution in [2.75, 3.05) is 13.6 Å². The number of halogens is 2. The molecule has 0 unspecified atom stereocenters. The highest BCUT2D eigenvalue weighted by molar-refractivity contribution is 7.53. The fourth-order valence-corrected chi connectivity index (χ4v) is 2.61. The molecule has 0 aromatic carbocycles. The van der Waals surface area contributed by atoms with E-state index < -0.39 is 19.7 Å². The Balaban J connectivity index is 3.49. The van der Waals surface area contributed by atoms with E-state index in [2.05, 4.69) is 6.58 Å². The van der Waals surface area contributed by atoms with Gasteiger partial charge in [0.05, 0.1) is 0 Å². The quantitative estimate of drug-likeness (QED) is 0.298. The molecule has 2 N–H and O–H groups in total. The summed E-state index contributed by atoms with van der Waals surface area (Å²) >= 11 is 0. The number of rotatable bonds is 13. The molecular formula is C15H28F2NO4P. The SMILES string of the molecule is C=CC(=O)N(C)CCCCCCCCCCC(F)(F)P(=O)(O)O. The van der Waals surface area contributed by atoms with Crippen LogP contribution in [-0.4, -0.2) is 39.8 Å².